The largest absolute Gasteiger partial charge is 0.469 e. The number of hydrogen-bond acceptors (Lipinski definition) is 4. The normalized spacial score (nSPS) is 16.2. The topological polar surface area (TPSA) is 52.6 Å². The molecular weight excluding hydrogens is 344 g/mol. The molecule has 0 radical (unpaired) electrons. The van der Waals surface area contributed by atoms with Crippen molar-refractivity contribution in [1.82, 2.24) is 0 Å². The molecule has 0 spiro atoms. The number of methoxy groups -OCH3 is 1. The van der Waals surface area contributed by atoms with E-state index in [1.165, 1.54) is 12.7 Å². The summed E-state index contributed by atoms with van der Waals surface area (Å²) in [5.41, 5.74) is 2.18. The number of ether oxygens (including phenoxy) is 1. The van der Waals surface area contributed by atoms with Crippen molar-refractivity contribution in [2.24, 2.45) is 0 Å². The number of unbranched alkanes of at least 4 members (excludes halogenated alkanes) is 2. The maximum absolute atomic E-state index is 12.2. The number of allylic oxidation sites excluding steroid dienone is 2. The van der Waals surface area contributed by atoms with Gasteiger partial charge >= 0.3 is 5.97 Å². The van der Waals surface area contributed by atoms with Gasteiger partial charge in [-0.15, -0.1) is 0 Å². The Morgan fingerprint density at radius 2 is 1.77 bits per heavy atom. The van der Waals surface area contributed by atoms with Crippen LogP contribution in [0.15, 0.2) is 11.1 Å². The van der Waals surface area contributed by atoms with E-state index < -0.39 is 8.32 Å². The summed E-state index contributed by atoms with van der Waals surface area (Å²) in [6, 6.07) is 0. The monoisotopic (exact) mass is 382 g/mol. The van der Waals surface area contributed by atoms with Gasteiger partial charge in [0.05, 0.1) is 7.11 Å². The minimum absolute atomic E-state index is 0.233. The third-order valence-corrected chi connectivity index (χ3v) is 10.4. The van der Waals surface area contributed by atoms with Crippen molar-refractivity contribution in [3.05, 3.63) is 11.1 Å². The fourth-order valence-electron chi connectivity index (χ4n) is 3.04. The van der Waals surface area contributed by atoms with Gasteiger partial charge in [-0.2, -0.15) is 0 Å². The van der Waals surface area contributed by atoms with Crippen LogP contribution in [0.4, 0.5) is 0 Å². The van der Waals surface area contributed by atoms with Gasteiger partial charge < -0.3 is 9.16 Å². The molecule has 0 aromatic heterocycles. The second-order valence-corrected chi connectivity index (χ2v) is 13.7. The summed E-state index contributed by atoms with van der Waals surface area (Å²) < 4.78 is 10.9. The minimum atomic E-state index is -1.64. The van der Waals surface area contributed by atoms with Crippen LogP contribution in [-0.2, 0) is 18.8 Å². The molecule has 150 valence electrons. The Kier molecular flexibility index (Phi) is 9.24. The smallest absolute Gasteiger partial charge is 0.305 e. The quantitative estimate of drug-likeness (QED) is 0.281. The first-order chi connectivity index (χ1) is 12.1. The zero-order valence-corrected chi connectivity index (χ0v) is 18.7. The van der Waals surface area contributed by atoms with E-state index in [4.69, 9.17) is 9.16 Å². The number of rotatable bonds is 10. The van der Waals surface area contributed by atoms with Crippen LogP contribution in [0.2, 0.25) is 18.1 Å². The molecule has 0 unspecified atom stereocenters. The molecule has 0 bridgehead atoms. The average molecular weight is 383 g/mol. The van der Waals surface area contributed by atoms with Gasteiger partial charge in [0.1, 0.15) is 0 Å². The van der Waals surface area contributed by atoms with Crippen molar-refractivity contribution < 1.29 is 18.8 Å². The summed E-state index contributed by atoms with van der Waals surface area (Å²) in [5, 5.41) is 0.259. The van der Waals surface area contributed by atoms with Crippen molar-refractivity contribution >= 4 is 20.1 Å². The fourth-order valence-corrected chi connectivity index (χ4v) is 4.13. The first-order valence-corrected chi connectivity index (χ1v) is 12.9. The number of carbonyl (C=O) groups is 2. The highest BCUT2D eigenvalue weighted by Gasteiger charge is 2.36. The lowest BCUT2D eigenvalue weighted by Gasteiger charge is -2.36. The Labute approximate surface area is 160 Å². The lowest BCUT2D eigenvalue weighted by molar-refractivity contribution is -0.140. The molecule has 0 aromatic rings. The van der Waals surface area contributed by atoms with Crippen LogP contribution in [0.3, 0.4) is 0 Å². The molecule has 5 heteroatoms. The van der Waals surface area contributed by atoms with Crippen LogP contribution in [0.5, 0.6) is 0 Å². The van der Waals surface area contributed by atoms with Crippen molar-refractivity contribution in [1.29, 1.82) is 0 Å². The Morgan fingerprint density at radius 3 is 2.38 bits per heavy atom. The van der Waals surface area contributed by atoms with Gasteiger partial charge in [-0.1, -0.05) is 32.8 Å². The molecule has 0 atom stereocenters. The molecule has 0 aliphatic heterocycles. The minimum Gasteiger partial charge on any atom is -0.469 e. The van der Waals surface area contributed by atoms with Crippen LogP contribution >= 0.6 is 0 Å². The van der Waals surface area contributed by atoms with Gasteiger partial charge in [-0.3, -0.25) is 9.59 Å². The van der Waals surface area contributed by atoms with Gasteiger partial charge in [0.2, 0.25) is 0 Å². The first kappa shape index (κ1) is 23.1. The lowest BCUT2D eigenvalue weighted by Crippen LogP contribution is -2.40. The van der Waals surface area contributed by atoms with Gasteiger partial charge in [-0.25, -0.2) is 0 Å². The molecule has 0 N–H and O–H groups in total. The van der Waals surface area contributed by atoms with Crippen molar-refractivity contribution in [3.63, 3.8) is 0 Å². The molecule has 0 fully saturated rings. The molecule has 1 rings (SSSR count). The van der Waals surface area contributed by atoms with Gasteiger partial charge in [0.25, 0.3) is 0 Å². The van der Waals surface area contributed by atoms with E-state index in [2.05, 4.69) is 33.9 Å². The Balaban J connectivity index is 2.41. The molecule has 4 nitrogen and oxygen atoms in total. The van der Waals surface area contributed by atoms with E-state index in [0.29, 0.717) is 19.3 Å². The highest BCUT2D eigenvalue weighted by molar-refractivity contribution is 6.74. The molecule has 0 saturated carbocycles. The predicted molar refractivity (Wildman–Crippen MR) is 109 cm³/mol. The van der Waals surface area contributed by atoms with E-state index in [0.717, 1.165) is 50.7 Å². The summed E-state index contributed by atoms with van der Waals surface area (Å²) in [4.78, 5) is 23.6. The maximum atomic E-state index is 12.2. The Morgan fingerprint density at radius 1 is 1.08 bits per heavy atom. The third kappa shape index (κ3) is 7.35. The lowest BCUT2D eigenvalue weighted by atomic mass is 9.85. The van der Waals surface area contributed by atoms with Crippen molar-refractivity contribution in [3.8, 4) is 0 Å². The SMILES string of the molecule is COC(=O)CCC1=C(CCCCCO[Si](C)(C)C(C)(C)C)CCCC1=O. The van der Waals surface area contributed by atoms with Crippen molar-refractivity contribution in [2.75, 3.05) is 13.7 Å². The van der Waals surface area contributed by atoms with E-state index in [1.807, 2.05) is 0 Å². The van der Waals surface area contributed by atoms with Crippen LogP contribution in [0.25, 0.3) is 0 Å². The van der Waals surface area contributed by atoms with Crippen LogP contribution < -0.4 is 0 Å². The average Bonchev–Trinajstić information content (AvgIpc) is 2.55. The fraction of sp³-hybridized carbons (Fsp3) is 0.810. The predicted octanol–water partition coefficient (Wildman–Crippen LogP) is 5.57. The van der Waals surface area contributed by atoms with Crippen LogP contribution in [-0.4, -0.2) is 33.8 Å². The summed E-state index contributed by atoms with van der Waals surface area (Å²) >= 11 is 0. The molecule has 0 heterocycles. The number of Topliss-reactive ketones (excluding diaryl/α,β-unsaturated/α-hetero) is 1. The van der Waals surface area contributed by atoms with Crippen LogP contribution in [0, 0.1) is 0 Å². The first-order valence-electron chi connectivity index (χ1n) is 10.0. The van der Waals surface area contributed by atoms with E-state index in [9.17, 15) is 9.59 Å². The summed E-state index contributed by atoms with van der Waals surface area (Å²) in [6.45, 7) is 12.2. The Bertz CT molecular complexity index is 515. The second-order valence-electron chi connectivity index (χ2n) is 8.85. The molecule has 0 amide bonds. The summed E-state index contributed by atoms with van der Waals surface area (Å²) in [6.07, 6.45) is 7.68. The highest BCUT2D eigenvalue weighted by atomic mass is 28.4. The molecular formula is C21H38O4Si. The van der Waals surface area contributed by atoms with E-state index in [-0.39, 0.29) is 16.8 Å². The van der Waals surface area contributed by atoms with Gasteiger partial charge in [-0.05, 0) is 62.2 Å². The van der Waals surface area contributed by atoms with E-state index in [1.54, 1.807) is 0 Å². The number of carbonyl (C=O) groups excluding carboxylic acids is 2. The maximum Gasteiger partial charge on any atom is 0.305 e. The number of ketones is 1. The van der Waals surface area contributed by atoms with E-state index >= 15 is 0 Å². The molecule has 1 aliphatic carbocycles. The molecule has 26 heavy (non-hydrogen) atoms. The van der Waals surface area contributed by atoms with Gasteiger partial charge in [0.15, 0.2) is 14.1 Å². The standard InChI is InChI=1S/C21H38O4Si/c1-21(2,3)26(5,6)25-16-9-7-8-11-17-12-10-13-19(22)18(17)14-15-20(23)24-4/h7-16H2,1-6H3. The van der Waals surface area contributed by atoms with Crippen LogP contribution in [0.1, 0.15) is 78.6 Å². The molecule has 0 saturated heterocycles. The molecule has 0 aromatic carbocycles. The van der Waals surface area contributed by atoms with Gasteiger partial charge in [0, 0.05) is 19.4 Å². The number of hydrogen-bond donors (Lipinski definition) is 0. The summed E-state index contributed by atoms with van der Waals surface area (Å²) in [5.74, 6) is -0.00517. The Hall–Kier alpha value is -0.943. The summed E-state index contributed by atoms with van der Waals surface area (Å²) in [7, 11) is -0.245. The highest BCUT2D eigenvalue weighted by Crippen LogP contribution is 2.36. The number of esters is 1. The zero-order chi connectivity index (χ0) is 19.8. The molecule has 1 aliphatic rings. The zero-order valence-electron chi connectivity index (χ0n) is 17.7. The second kappa shape index (κ2) is 10.4. The van der Waals surface area contributed by atoms with Crippen molar-refractivity contribution in [2.45, 2.75) is 96.7 Å². The third-order valence-electron chi connectivity index (χ3n) is 5.84.